The number of rotatable bonds is 6. The Balaban J connectivity index is 1.88. The van der Waals surface area contributed by atoms with Gasteiger partial charge < -0.3 is 16.4 Å². The van der Waals surface area contributed by atoms with Gasteiger partial charge in [0.1, 0.15) is 0 Å². The Hall–Kier alpha value is -2.41. The van der Waals surface area contributed by atoms with E-state index >= 15 is 0 Å². The van der Waals surface area contributed by atoms with E-state index in [1.165, 1.54) is 0 Å². The van der Waals surface area contributed by atoms with Gasteiger partial charge in [-0.15, -0.1) is 0 Å². The highest BCUT2D eigenvalue weighted by atomic mass is 16.2. The molecule has 0 atom stereocenters. The molecule has 0 bridgehead atoms. The lowest BCUT2D eigenvalue weighted by molar-refractivity contribution is 0.249. The van der Waals surface area contributed by atoms with Crippen molar-refractivity contribution in [3.63, 3.8) is 0 Å². The van der Waals surface area contributed by atoms with Crippen molar-refractivity contribution < 1.29 is 4.79 Å². The summed E-state index contributed by atoms with van der Waals surface area (Å²) < 4.78 is 0. The average Bonchev–Trinajstić information content (AvgIpc) is 2.87. The molecule has 0 aromatic carbocycles. The van der Waals surface area contributed by atoms with E-state index in [9.17, 15) is 4.79 Å². The van der Waals surface area contributed by atoms with Crippen LogP contribution in [0.3, 0.4) is 0 Å². The van der Waals surface area contributed by atoms with Gasteiger partial charge in [0.25, 0.3) is 0 Å². The van der Waals surface area contributed by atoms with Gasteiger partial charge >= 0.3 is 6.03 Å². The molecule has 0 spiro atoms. The number of hydrogen-bond donors (Lipinski definition) is 4. The molecule has 2 amide bonds. The fraction of sp³-hybridized carbons (Fsp3) is 0.250. The van der Waals surface area contributed by atoms with Gasteiger partial charge in [-0.1, -0.05) is 0 Å². The van der Waals surface area contributed by atoms with Crippen molar-refractivity contribution in [2.45, 2.75) is 6.54 Å². The molecule has 0 radical (unpaired) electrons. The number of amides is 2. The number of nitrogens with zero attached hydrogens (tertiary/aromatic N) is 2. The maximum absolute atomic E-state index is 10.5. The number of hydrogen-bond acceptors (Lipinski definition) is 4. The van der Waals surface area contributed by atoms with E-state index < -0.39 is 6.03 Å². The summed E-state index contributed by atoms with van der Waals surface area (Å²) in [5.41, 5.74) is 7.96. The highest BCUT2D eigenvalue weighted by molar-refractivity contribution is 5.71. The molecule has 0 saturated heterocycles. The molecule has 0 fully saturated rings. The Labute approximate surface area is 110 Å². The molecule has 7 heteroatoms. The first kappa shape index (κ1) is 13.0. The molecule has 2 heterocycles. The first-order valence-corrected chi connectivity index (χ1v) is 5.94. The van der Waals surface area contributed by atoms with Crippen molar-refractivity contribution in [3.05, 3.63) is 36.3 Å². The second-order valence-electron chi connectivity index (χ2n) is 3.98. The Bertz CT molecular complexity index is 524. The van der Waals surface area contributed by atoms with E-state index in [4.69, 9.17) is 5.73 Å². The Morgan fingerprint density at radius 3 is 3.00 bits per heavy atom. The van der Waals surface area contributed by atoms with E-state index in [0.717, 1.165) is 16.8 Å². The second kappa shape index (κ2) is 6.50. The summed E-state index contributed by atoms with van der Waals surface area (Å²) in [4.78, 5) is 14.6. The molecule has 0 aliphatic heterocycles. The van der Waals surface area contributed by atoms with Crippen molar-refractivity contribution in [2.24, 2.45) is 5.73 Å². The number of primary amides is 1. The smallest absolute Gasteiger partial charge is 0.312 e. The minimum Gasteiger partial charge on any atom is -0.352 e. The summed E-state index contributed by atoms with van der Waals surface area (Å²) in [6.07, 6.45) is 5.29. The Morgan fingerprint density at radius 2 is 2.26 bits per heavy atom. The third-order valence-electron chi connectivity index (χ3n) is 2.58. The number of carbonyl (C=O) groups excluding carboxylic acids is 1. The molecule has 0 aliphatic rings. The van der Waals surface area contributed by atoms with Crippen molar-refractivity contribution >= 4 is 6.03 Å². The zero-order chi connectivity index (χ0) is 13.5. The van der Waals surface area contributed by atoms with Crippen LogP contribution in [0.5, 0.6) is 0 Å². The molecule has 7 nitrogen and oxygen atoms in total. The Kier molecular flexibility index (Phi) is 4.46. The number of aromatic amines is 1. The minimum absolute atomic E-state index is 0.495. The number of urea groups is 1. The lowest BCUT2D eigenvalue weighted by atomic mass is 10.1. The molecule has 100 valence electrons. The molecule has 2 aromatic rings. The standard InChI is InChI=1S/C12H16N6O/c13-12(19)16-5-4-15-7-10-8-17-18-11(10)9-2-1-3-14-6-9/h1-3,6,8,15H,4-5,7H2,(H,17,18)(H3,13,16,19). The summed E-state index contributed by atoms with van der Waals surface area (Å²) in [5, 5.41) is 12.7. The van der Waals surface area contributed by atoms with Gasteiger partial charge in [-0.3, -0.25) is 10.1 Å². The molecule has 0 saturated carbocycles. The van der Waals surface area contributed by atoms with Crippen LogP contribution in [0.25, 0.3) is 11.3 Å². The number of H-pyrrole nitrogens is 1. The third kappa shape index (κ3) is 3.78. The first-order valence-electron chi connectivity index (χ1n) is 5.94. The maximum Gasteiger partial charge on any atom is 0.312 e. The van der Waals surface area contributed by atoms with Gasteiger partial charge in [-0.2, -0.15) is 5.10 Å². The van der Waals surface area contributed by atoms with Crippen molar-refractivity contribution in [1.82, 2.24) is 25.8 Å². The van der Waals surface area contributed by atoms with Gasteiger partial charge in [-0.05, 0) is 12.1 Å². The summed E-state index contributed by atoms with van der Waals surface area (Å²) in [7, 11) is 0. The van der Waals surface area contributed by atoms with E-state index in [1.54, 1.807) is 18.6 Å². The van der Waals surface area contributed by atoms with Gasteiger partial charge in [0.15, 0.2) is 0 Å². The third-order valence-corrected chi connectivity index (χ3v) is 2.58. The number of aromatic nitrogens is 3. The molecular weight excluding hydrogens is 244 g/mol. The fourth-order valence-corrected chi connectivity index (χ4v) is 1.70. The fourth-order valence-electron chi connectivity index (χ4n) is 1.70. The van der Waals surface area contributed by atoms with Crippen LogP contribution in [-0.4, -0.2) is 34.3 Å². The molecule has 2 rings (SSSR count). The number of nitrogens with two attached hydrogens (primary N) is 1. The van der Waals surface area contributed by atoms with Crippen LogP contribution >= 0.6 is 0 Å². The Morgan fingerprint density at radius 1 is 1.37 bits per heavy atom. The van der Waals surface area contributed by atoms with Crippen molar-refractivity contribution in [1.29, 1.82) is 0 Å². The normalized spacial score (nSPS) is 10.3. The molecule has 0 unspecified atom stereocenters. The van der Waals surface area contributed by atoms with Crippen LogP contribution in [0.1, 0.15) is 5.56 Å². The number of carbonyl (C=O) groups is 1. The van der Waals surface area contributed by atoms with E-state index in [-0.39, 0.29) is 0 Å². The van der Waals surface area contributed by atoms with Gasteiger partial charge in [0.05, 0.1) is 11.9 Å². The average molecular weight is 260 g/mol. The SMILES string of the molecule is NC(=O)NCCNCc1cn[nH]c1-c1cccnc1. The summed E-state index contributed by atoms with van der Waals surface area (Å²) >= 11 is 0. The molecule has 19 heavy (non-hydrogen) atoms. The van der Waals surface area contributed by atoms with E-state index in [0.29, 0.717) is 19.6 Å². The second-order valence-corrected chi connectivity index (χ2v) is 3.98. The molecule has 0 aliphatic carbocycles. The zero-order valence-corrected chi connectivity index (χ0v) is 10.4. The van der Waals surface area contributed by atoms with Gasteiger partial charge in [-0.25, -0.2) is 4.79 Å². The van der Waals surface area contributed by atoms with Crippen LogP contribution in [0.4, 0.5) is 4.79 Å². The molecular formula is C12H16N6O. The lowest BCUT2D eigenvalue weighted by Crippen LogP contribution is -2.35. The predicted octanol–water partition coefficient (Wildman–Crippen LogP) is 0.230. The molecule has 5 N–H and O–H groups in total. The van der Waals surface area contributed by atoms with E-state index in [2.05, 4.69) is 25.8 Å². The number of nitrogens with one attached hydrogen (secondary N) is 3. The van der Waals surface area contributed by atoms with Crippen molar-refractivity contribution in [3.8, 4) is 11.3 Å². The maximum atomic E-state index is 10.5. The van der Waals surface area contributed by atoms with Gasteiger partial charge in [0.2, 0.25) is 0 Å². The van der Waals surface area contributed by atoms with Crippen LogP contribution < -0.4 is 16.4 Å². The quantitative estimate of drug-likeness (QED) is 0.557. The van der Waals surface area contributed by atoms with Crippen LogP contribution in [0.15, 0.2) is 30.7 Å². The first-order chi connectivity index (χ1) is 9.27. The predicted molar refractivity (Wildman–Crippen MR) is 71.1 cm³/mol. The topological polar surface area (TPSA) is 109 Å². The van der Waals surface area contributed by atoms with E-state index in [1.807, 2.05) is 12.1 Å². The lowest BCUT2D eigenvalue weighted by Gasteiger charge is -2.05. The van der Waals surface area contributed by atoms with Gasteiger partial charge in [0, 0.05) is 43.2 Å². The minimum atomic E-state index is -0.513. The van der Waals surface area contributed by atoms with Crippen molar-refractivity contribution in [2.75, 3.05) is 13.1 Å². The highest BCUT2D eigenvalue weighted by Crippen LogP contribution is 2.19. The number of pyridine rings is 1. The highest BCUT2D eigenvalue weighted by Gasteiger charge is 2.06. The summed E-state index contributed by atoms with van der Waals surface area (Å²) in [5.74, 6) is 0. The van der Waals surface area contributed by atoms with Crippen LogP contribution in [0.2, 0.25) is 0 Å². The molecule has 2 aromatic heterocycles. The summed E-state index contributed by atoms with van der Waals surface area (Å²) in [6, 6.07) is 3.34. The van der Waals surface area contributed by atoms with Crippen LogP contribution in [0, 0.1) is 0 Å². The zero-order valence-electron chi connectivity index (χ0n) is 10.4. The van der Waals surface area contributed by atoms with Crippen LogP contribution in [-0.2, 0) is 6.54 Å². The summed E-state index contributed by atoms with van der Waals surface area (Å²) in [6.45, 7) is 1.79. The largest absolute Gasteiger partial charge is 0.352 e. The monoisotopic (exact) mass is 260 g/mol.